The first kappa shape index (κ1) is 11.7. The van der Waals surface area contributed by atoms with Crippen LogP contribution in [0.5, 0.6) is 0 Å². The summed E-state index contributed by atoms with van der Waals surface area (Å²) in [5.41, 5.74) is 0.884. The van der Waals surface area contributed by atoms with Crippen molar-refractivity contribution in [1.82, 2.24) is 4.98 Å². The van der Waals surface area contributed by atoms with Crippen molar-refractivity contribution in [3.8, 4) is 0 Å². The van der Waals surface area contributed by atoms with Gasteiger partial charge < -0.3 is 10.0 Å². The van der Waals surface area contributed by atoms with Crippen molar-refractivity contribution in [2.24, 2.45) is 0 Å². The van der Waals surface area contributed by atoms with Crippen LogP contribution in [0.1, 0.15) is 19.4 Å². The molecule has 0 aliphatic carbocycles. The maximum Gasteiger partial charge on any atom is 0.129 e. The molecule has 0 amide bonds. The van der Waals surface area contributed by atoms with Gasteiger partial charge in [-0.25, -0.2) is 4.98 Å². The molecule has 15 heavy (non-hydrogen) atoms. The third-order valence-electron chi connectivity index (χ3n) is 2.24. The van der Waals surface area contributed by atoms with Crippen molar-refractivity contribution in [2.75, 3.05) is 11.4 Å². The minimum atomic E-state index is 0.0511. The highest BCUT2D eigenvalue weighted by Gasteiger charge is 2.10. The average molecular weight is 206 g/mol. The van der Waals surface area contributed by atoms with Gasteiger partial charge in [0.2, 0.25) is 0 Å². The number of rotatable bonds is 5. The van der Waals surface area contributed by atoms with Crippen LogP contribution in [0, 0.1) is 0 Å². The molecule has 0 atom stereocenters. The molecule has 1 rings (SSSR count). The van der Waals surface area contributed by atoms with Crippen LogP contribution in [0.15, 0.2) is 31.0 Å². The van der Waals surface area contributed by atoms with Gasteiger partial charge in [0, 0.05) is 18.8 Å². The first-order valence-electron chi connectivity index (χ1n) is 5.12. The summed E-state index contributed by atoms with van der Waals surface area (Å²) in [5.74, 6) is 0.886. The van der Waals surface area contributed by atoms with Crippen molar-refractivity contribution in [2.45, 2.75) is 26.5 Å². The highest BCUT2D eigenvalue weighted by molar-refractivity contribution is 5.42. The summed E-state index contributed by atoms with van der Waals surface area (Å²) in [7, 11) is 0. The molecule has 1 N–H and O–H groups in total. The van der Waals surface area contributed by atoms with Gasteiger partial charge in [0.1, 0.15) is 5.82 Å². The lowest BCUT2D eigenvalue weighted by atomic mass is 10.2. The van der Waals surface area contributed by atoms with E-state index in [2.05, 4.69) is 30.3 Å². The molecule has 0 fully saturated rings. The van der Waals surface area contributed by atoms with Crippen molar-refractivity contribution < 1.29 is 5.11 Å². The normalized spacial score (nSPS) is 10.4. The maximum absolute atomic E-state index is 9.05. The van der Waals surface area contributed by atoms with Gasteiger partial charge in [0.15, 0.2) is 0 Å². The highest BCUT2D eigenvalue weighted by Crippen LogP contribution is 2.15. The zero-order valence-corrected chi connectivity index (χ0v) is 9.35. The molecule has 3 nitrogen and oxygen atoms in total. The number of nitrogens with zero attached hydrogens (tertiary/aromatic N) is 2. The first-order chi connectivity index (χ1) is 7.19. The van der Waals surface area contributed by atoms with Crippen molar-refractivity contribution in [3.63, 3.8) is 0 Å². The van der Waals surface area contributed by atoms with Gasteiger partial charge in [-0.05, 0) is 31.5 Å². The number of aliphatic hydroxyl groups is 1. The van der Waals surface area contributed by atoms with Crippen LogP contribution in [0.3, 0.4) is 0 Å². The Balaban J connectivity index is 2.94. The summed E-state index contributed by atoms with van der Waals surface area (Å²) in [6.45, 7) is 8.76. The SMILES string of the molecule is C=CCN(c1cc(CO)ccn1)C(C)C. The average Bonchev–Trinajstić information content (AvgIpc) is 2.25. The van der Waals surface area contributed by atoms with Crippen molar-refractivity contribution in [3.05, 3.63) is 36.5 Å². The van der Waals surface area contributed by atoms with Gasteiger partial charge in [-0.15, -0.1) is 6.58 Å². The van der Waals surface area contributed by atoms with E-state index in [1.54, 1.807) is 6.20 Å². The topological polar surface area (TPSA) is 36.4 Å². The number of anilines is 1. The minimum Gasteiger partial charge on any atom is -0.392 e. The van der Waals surface area contributed by atoms with Crippen LogP contribution in [0.4, 0.5) is 5.82 Å². The fourth-order valence-electron chi connectivity index (χ4n) is 1.42. The predicted molar refractivity (Wildman–Crippen MR) is 62.8 cm³/mol. The van der Waals surface area contributed by atoms with Crippen LogP contribution in [-0.2, 0) is 6.61 Å². The molecular weight excluding hydrogens is 188 g/mol. The van der Waals surface area contributed by atoms with E-state index >= 15 is 0 Å². The van der Waals surface area contributed by atoms with Gasteiger partial charge in [0.05, 0.1) is 6.61 Å². The monoisotopic (exact) mass is 206 g/mol. The van der Waals surface area contributed by atoms with Crippen LogP contribution in [-0.4, -0.2) is 22.7 Å². The van der Waals surface area contributed by atoms with Gasteiger partial charge in [0.25, 0.3) is 0 Å². The lowest BCUT2D eigenvalue weighted by Crippen LogP contribution is -2.31. The molecule has 0 aliphatic rings. The van der Waals surface area contributed by atoms with E-state index in [4.69, 9.17) is 5.11 Å². The Morgan fingerprint density at radius 2 is 2.33 bits per heavy atom. The van der Waals surface area contributed by atoms with Gasteiger partial charge >= 0.3 is 0 Å². The minimum absolute atomic E-state index is 0.0511. The Morgan fingerprint density at radius 1 is 1.60 bits per heavy atom. The van der Waals surface area contributed by atoms with E-state index < -0.39 is 0 Å². The highest BCUT2D eigenvalue weighted by atomic mass is 16.3. The van der Waals surface area contributed by atoms with Crippen molar-refractivity contribution in [1.29, 1.82) is 0 Å². The Hall–Kier alpha value is -1.35. The Morgan fingerprint density at radius 3 is 2.87 bits per heavy atom. The summed E-state index contributed by atoms with van der Waals surface area (Å²) in [5, 5.41) is 9.05. The summed E-state index contributed by atoms with van der Waals surface area (Å²) in [6.07, 6.45) is 3.58. The van der Waals surface area contributed by atoms with Crippen LogP contribution in [0.25, 0.3) is 0 Å². The van der Waals surface area contributed by atoms with Crippen LogP contribution in [0.2, 0.25) is 0 Å². The van der Waals surface area contributed by atoms with Crippen LogP contribution >= 0.6 is 0 Å². The lowest BCUT2D eigenvalue weighted by Gasteiger charge is -2.26. The van der Waals surface area contributed by atoms with E-state index in [9.17, 15) is 0 Å². The molecule has 1 aromatic heterocycles. The molecule has 82 valence electrons. The van der Waals surface area contributed by atoms with Crippen LogP contribution < -0.4 is 4.90 Å². The van der Waals surface area contributed by atoms with Gasteiger partial charge in [-0.2, -0.15) is 0 Å². The Kier molecular flexibility index (Phi) is 4.31. The number of hydrogen-bond donors (Lipinski definition) is 1. The van der Waals surface area contributed by atoms with E-state index in [0.717, 1.165) is 17.9 Å². The number of aromatic nitrogens is 1. The summed E-state index contributed by atoms with van der Waals surface area (Å²) >= 11 is 0. The molecule has 0 aliphatic heterocycles. The molecule has 3 heteroatoms. The number of pyridine rings is 1. The maximum atomic E-state index is 9.05. The largest absolute Gasteiger partial charge is 0.392 e. The number of aliphatic hydroxyl groups excluding tert-OH is 1. The molecule has 0 radical (unpaired) electrons. The molecule has 0 spiro atoms. The third-order valence-corrected chi connectivity index (χ3v) is 2.24. The zero-order chi connectivity index (χ0) is 11.3. The van der Waals surface area contributed by atoms with Gasteiger partial charge in [-0.3, -0.25) is 0 Å². The molecule has 0 unspecified atom stereocenters. The number of hydrogen-bond acceptors (Lipinski definition) is 3. The van der Waals surface area contributed by atoms with E-state index in [1.165, 1.54) is 0 Å². The summed E-state index contributed by atoms with van der Waals surface area (Å²) < 4.78 is 0. The smallest absolute Gasteiger partial charge is 0.129 e. The lowest BCUT2D eigenvalue weighted by molar-refractivity contribution is 0.281. The quantitative estimate of drug-likeness (QED) is 0.748. The molecule has 0 bridgehead atoms. The fourth-order valence-corrected chi connectivity index (χ4v) is 1.42. The van der Waals surface area contributed by atoms with Gasteiger partial charge in [-0.1, -0.05) is 6.08 Å². The van der Waals surface area contributed by atoms with E-state index in [1.807, 2.05) is 18.2 Å². The molecule has 0 saturated heterocycles. The summed E-state index contributed by atoms with van der Waals surface area (Å²) in [6, 6.07) is 4.09. The van der Waals surface area contributed by atoms with E-state index in [-0.39, 0.29) is 6.61 Å². The Bertz CT molecular complexity index is 323. The third kappa shape index (κ3) is 3.06. The molecule has 1 aromatic rings. The van der Waals surface area contributed by atoms with Crippen molar-refractivity contribution >= 4 is 5.82 Å². The summed E-state index contributed by atoms with van der Waals surface area (Å²) in [4.78, 5) is 6.43. The predicted octanol–water partition coefficient (Wildman–Crippen LogP) is 1.97. The molecule has 0 saturated carbocycles. The van der Waals surface area contributed by atoms with E-state index in [0.29, 0.717) is 6.04 Å². The molecule has 0 aromatic carbocycles. The Labute approximate surface area is 91.1 Å². The standard InChI is InChI=1S/C12H18N2O/c1-4-7-14(10(2)3)12-8-11(9-15)5-6-13-12/h4-6,8,10,15H,1,7,9H2,2-3H3. The second-order valence-electron chi connectivity index (χ2n) is 3.72. The first-order valence-corrected chi connectivity index (χ1v) is 5.12. The second-order valence-corrected chi connectivity index (χ2v) is 3.72. The molecular formula is C12H18N2O. The second kappa shape index (κ2) is 5.51. The zero-order valence-electron chi connectivity index (χ0n) is 9.35. The fraction of sp³-hybridized carbons (Fsp3) is 0.417. The molecule has 1 heterocycles.